The number of carbonyl (C=O) groups excluding carboxylic acids is 1. The van der Waals surface area contributed by atoms with Gasteiger partial charge in [-0.25, -0.2) is 4.57 Å². The lowest BCUT2D eigenvalue weighted by Gasteiger charge is -2.30. The van der Waals surface area contributed by atoms with E-state index in [0.29, 0.717) is 0 Å². The number of fused-ring (bicyclic) bond motifs is 1. The predicted molar refractivity (Wildman–Crippen MR) is 106 cm³/mol. The van der Waals surface area contributed by atoms with E-state index in [4.69, 9.17) is 20.6 Å². The Kier molecular flexibility index (Phi) is 4.63. The Morgan fingerprint density at radius 3 is 1.96 bits per heavy atom. The molecule has 3 aromatic rings. The second-order valence-corrected chi connectivity index (χ2v) is 8.57. The summed E-state index contributed by atoms with van der Waals surface area (Å²) >= 11 is 6.05. The van der Waals surface area contributed by atoms with Crippen molar-refractivity contribution in [3.63, 3.8) is 0 Å². The van der Waals surface area contributed by atoms with E-state index in [0.717, 1.165) is 0 Å². The van der Waals surface area contributed by atoms with Gasteiger partial charge in [0.1, 0.15) is 11.5 Å². The maximum atomic E-state index is 14.0. The molecule has 3 aromatic carbocycles. The molecular weight excluding hydrogens is 401 g/mol. The highest BCUT2D eigenvalue weighted by Gasteiger charge is 2.64. The van der Waals surface area contributed by atoms with Crippen LogP contribution >= 0.6 is 19.2 Å². The third kappa shape index (κ3) is 3.06. The van der Waals surface area contributed by atoms with E-state index in [1.165, 1.54) is 12.1 Å². The van der Waals surface area contributed by atoms with E-state index in [-0.39, 0.29) is 27.8 Å². The smallest absolute Gasteiger partial charge is 0.414 e. The van der Waals surface area contributed by atoms with Crippen LogP contribution in [-0.4, -0.2) is 11.0 Å². The Balaban J connectivity index is 1.87. The van der Waals surface area contributed by atoms with Gasteiger partial charge in [0.15, 0.2) is 0 Å². The summed E-state index contributed by atoms with van der Waals surface area (Å²) in [4.78, 5) is 12.8. The molecule has 0 aromatic heterocycles. The zero-order valence-corrected chi connectivity index (χ0v) is 16.1. The number of aliphatic hydroxyl groups is 1. The van der Waals surface area contributed by atoms with Crippen molar-refractivity contribution in [1.82, 2.24) is 0 Å². The van der Waals surface area contributed by atoms with Crippen molar-refractivity contribution in [2.75, 3.05) is 5.32 Å². The molecule has 2 N–H and O–H groups in total. The molecule has 0 bridgehead atoms. The summed E-state index contributed by atoms with van der Waals surface area (Å²) in [5.41, 5.74) is 0.311. The highest BCUT2D eigenvalue weighted by molar-refractivity contribution is 7.57. The number of hydrogen-bond donors (Lipinski definition) is 2. The molecule has 0 aliphatic carbocycles. The maximum absolute atomic E-state index is 14.0. The number of halogens is 1. The number of carbonyl (C=O) groups is 1. The molecule has 1 aliphatic heterocycles. The van der Waals surface area contributed by atoms with E-state index in [1.807, 2.05) is 0 Å². The largest absolute Gasteiger partial charge is 0.476 e. The molecule has 0 fully saturated rings. The van der Waals surface area contributed by atoms with Gasteiger partial charge >= 0.3 is 7.60 Å². The summed E-state index contributed by atoms with van der Waals surface area (Å²) < 4.78 is 25.2. The van der Waals surface area contributed by atoms with Crippen LogP contribution < -0.4 is 14.4 Å². The topological polar surface area (TPSA) is 84.9 Å². The standard InChI is InChI=1S/C20H15ClNO5P/c21-14-11-12-18-17(13-14)20(24,19(23)22-18)28(25,26-15-7-3-1-4-8-15)27-16-9-5-2-6-10-16/h1-13,24H,(H,22,23). The van der Waals surface area contributed by atoms with Crippen LogP contribution in [0.25, 0.3) is 0 Å². The number of amides is 1. The van der Waals surface area contributed by atoms with Gasteiger partial charge in [0.25, 0.3) is 11.2 Å². The molecule has 8 heteroatoms. The monoisotopic (exact) mass is 415 g/mol. The molecule has 0 radical (unpaired) electrons. The molecule has 0 spiro atoms. The first-order chi connectivity index (χ1) is 13.4. The molecule has 0 saturated carbocycles. The summed E-state index contributed by atoms with van der Waals surface area (Å²) in [6, 6.07) is 20.8. The maximum Gasteiger partial charge on any atom is 0.476 e. The van der Waals surface area contributed by atoms with Crippen molar-refractivity contribution in [3.8, 4) is 11.5 Å². The summed E-state index contributed by atoms with van der Waals surface area (Å²) in [5.74, 6) is -0.558. The number of anilines is 1. The van der Waals surface area contributed by atoms with Crippen LogP contribution in [0.1, 0.15) is 5.56 Å². The minimum atomic E-state index is -4.55. The average Bonchev–Trinajstić information content (AvgIpc) is 2.95. The van der Waals surface area contributed by atoms with Gasteiger partial charge in [-0.05, 0) is 42.5 Å². The van der Waals surface area contributed by atoms with Crippen molar-refractivity contribution < 1.29 is 23.5 Å². The summed E-state index contributed by atoms with van der Waals surface area (Å²) in [6.07, 6.45) is 0. The molecule has 28 heavy (non-hydrogen) atoms. The molecule has 1 amide bonds. The van der Waals surface area contributed by atoms with Crippen LogP contribution in [0.5, 0.6) is 11.5 Å². The first-order valence-electron chi connectivity index (χ1n) is 8.36. The van der Waals surface area contributed by atoms with Gasteiger partial charge in [-0.1, -0.05) is 48.0 Å². The van der Waals surface area contributed by atoms with Crippen molar-refractivity contribution in [3.05, 3.63) is 89.4 Å². The second-order valence-electron chi connectivity index (χ2n) is 6.12. The Morgan fingerprint density at radius 2 is 1.43 bits per heavy atom. The lowest BCUT2D eigenvalue weighted by Crippen LogP contribution is -2.37. The lowest BCUT2D eigenvalue weighted by molar-refractivity contribution is -0.127. The average molecular weight is 416 g/mol. The molecule has 1 unspecified atom stereocenters. The highest BCUT2D eigenvalue weighted by atomic mass is 35.5. The molecule has 1 heterocycles. The molecule has 142 valence electrons. The first-order valence-corrected chi connectivity index (χ1v) is 10.3. The number of nitrogens with one attached hydrogen (secondary N) is 1. The van der Waals surface area contributed by atoms with Gasteiger partial charge in [-0.3, -0.25) is 4.79 Å². The molecular formula is C20H15ClNO5P. The number of rotatable bonds is 5. The Bertz CT molecular complexity index is 1030. The number of benzene rings is 3. The van der Waals surface area contributed by atoms with Crippen LogP contribution in [-0.2, 0) is 14.7 Å². The third-order valence-electron chi connectivity index (χ3n) is 4.26. The molecule has 1 atom stereocenters. The van der Waals surface area contributed by atoms with Crippen LogP contribution in [0.3, 0.4) is 0 Å². The van der Waals surface area contributed by atoms with Crippen LogP contribution in [0.15, 0.2) is 78.9 Å². The lowest BCUT2D eigenvalue weighted by atomic mass is 10.1. The van der Waals surface area contributed by atoms with E-state index in [1.54, 1.807) is 66.7 Å². The van der Waals surface area contributed by atoms with Gasteiger partial charge in [0.2, 0.25) is 0 Å². The van der Waals surface area contributed by atoms with Crippen molar-refractivity contribution >= 4 is 30.8 Å². The highest BCUT2D eigenvalue weighted by Crippen LogP contribution is 2.65. The van der Waals surface area contributed by atoms with Crippen LogP contribution in [0, 0.1) is 0 Å². The molecule has 4 rings (SSSR count). The number of hydrogen-bond acceptors (Lipinski definition) is 5. The van der Waals surface area contributed by atoms with Gasteiger partial charge in [-0.15, -0.1) is 0 Å². The fourth-order valence-corrected chi connectivity index (χ4v) is 4.97. The Hall–Kier alpha value is -2.79. The summed E-state index contributed by atoms with van der Waals surface area (Å²) in [6.45, 7) is 0. The Labute approximate surface area is 166 Å². The van der Waals surface area contributed by atoms with E-state index in [9.17, 15) is 14.5 Å². The molecule has 1 aliphatic rings. The molecule has 6 nitrogen and oxygen atoms in total. The van der Waals surface area contributed by atoms with E-state index in [2.05, 4.69) is 5.32 Å². The molecule has 0 saturated heterocycles. The third-order valence-corrected chi connectivity index (χ3v) is 6.63. The fourth-order valence-electron chi connectivity index (χ4n) is 2.91. The number of para-hydroxylation sites is 2. The zero-order chi connectivity index (χ0) is 19.8. The summed E-state index contributed by atoms with van der Waals surface area (Å²) in [7, 11) is -4.55. The van der Waals surface area contributed by atoms with E-state index >= 15 is 0 Å². The van der Waals surface area contributed by atoms with E-state index < -0.39 is 18.8 Å². The van der Waals surface area contributed by atoms with Gasteiger partial charge < -0.3 is 19.5 Å². The quantitative estimate of drug-likeness (QED) is 0.585. The van der Waals surface area contributed by atoms with Crippen molar-refractivity contribution in [2.45, 2.75) is 5.34 Å². The minimum Gasteiger partial charge on any atom is -0.414 e. The van der Waals surface area contributed by atoms with Gasteiger partial charge in [-0.2, -0.15) is 0 Å². The normalized spacial score (nSPS) is 18.3. The fraction of sp³-hybridized carbons (Fsp3) is 0.0500. The Morgan fingerprint density at radius 1 is 0.893 bits per heavy atom. The minimum absolute atomic E-state index is 0.0280. The summed E-state index contributed by atoms with van der Waals surface area (Å²) in [5, 5.41) is 11.6. The van der Waals surface area contributed by atoms with Crippen LogP contribution in [0.2, 0.25) is 5.02 Å². The second kappa shape index (κ2) is 6.99. The van der Waals surface area contributed by atoms with Crippen LogP contribution in [0.4, 0.5) is 5.69 Å². The van der Waals surface area contributed by atoms with Crippen molar-refractivity contribution in [1.29, 1.82) is 0 Å². The predicted octanol–water partition coefficient (Wildman–Crippen LogP) is 4.79. The zero-order valence-electron chi connectivity index (χ0n) is 14.4. The van der Waals surface area contributed by atoms with Gasteiger partial charge in [0.05, 0.1) is 0 Å². The first kappa shape index (κ1) is 18.6. The van der Waals surface area contributed by atoms with Gasteiger partial charge in [0, 0.05) is 16.3 Å². The van der Waals surface area contributed by atoms with Crippen molar-refractivity contribution in [2.24, 2.45) is 0 Å². The SMILES string of the molecule is O=C1Nc2ccc(Cl)cc2C1(O)P(=O)(Oc1ccccc1)Oc1ccccc1.